The standard InChI is InChI=1S/C41H30N4/c1-2-12-27(13-3-1)37-38(44-39-30-15-7-5-11-26(30)19-22-34(39)42-37)28-18-20-31-33(24-28)36-29-14-6-4-10-25(29)17-21-32(36)40-41(31)45-23-9-8-16-35(45)43-40/h1-24,34-35,38-39,43-44H. The number of allylic oxidation sites excluding steroid dienone is 2. The van der Waals surface area contributed by atoms with E-state index in [9.17, 15) is 0 Å². The van der Waals surface area contributed by atoms with Gasteiger partial charge in [-0.25, -0.2) is 0 Å². The Labute approximate surface area is 261 Å². The Morgan fingerprint density at radius 1 is 0.689 bits per heavy atom. The molecule has 6 aromatic carbocycles. The van der Waals surface area contributed by atoms with E-state index in [1.807, 2.05) is 0 Å². The van der Waals surface area contributed by atoms with Gasteiger partial charge in [-0.3, -0.25) is 10.3 Å². The molecular weight excluding hydrogens is 548 g/mol. The van der Waals surface area contributed by atoms with E-state index < -0.39 is 0 Å². The highest BCUT2D eigenvalue weighted by molar-refractivity contribution is 6.29. The molecule has 4 aliphatic rings. The Kier molecular flexibility index (Phi) is 5.28. The maximum absolute atomic E-state index is 5.47. The molecule has 0 aromatic heterocycles. The summed E-state index contributed by atoms with van der Waals surface area (Å²) in [6, 6.07) is 39.9. The van der Waals surface area contributed by atoms with Crippen LogP contribution in [-0.4, -0.2) is 17.9 Å². The highest BCUT2D eigenvalue weighted by Crippen LogP contribution is 2.50. The first-order valence-corrected chi connectivity index (χ1v) is 15.8. The van der Waals surface area contributed by atoms with E-state index in [1.54, 1.807) is 0 Å². The van der Waals surface area contributed by atoms with E-state index in [1.165, 1.54) is 60.4 Å². The summed E-state index contributed by atoms with van der Waals surface area (Å²) in [6.45, 7) is 0. The molecule has 4 heteroatoms. The predicted octanol–water partition coefficient (Wildman–Crippen LogP) is 9.06. The third-order valence-electron chi connectivity index (χ3n) is 9.96. The van der Waals surface area contributed by atoms with Gasteiger partial charge < -0.3 is 10.2 Å². The number of nitrogens with zero attached hydrogens (tertiary/aromatic N) is 2. The minimum atomic E-state index is -0.0698. The molecule has 0 saturated heterocycles. The summed E-state index contributed by atoms with van der Waals surface area (Å²) in [5.74, 6) is 0. The molecule has 0 spiro atoms. The average Bonchev–Trinajstić information content (AvgIpc) is 3.51. The molecule has 0 fully saturated rings. The largest absolute Gasteiger partial charge is 0.359 e. The van der Waals surface area contributed by atoms with Crippen LogP contribution in [0.25, 0.3) is 38.4 Å². The van der Waals surface area contributed by atoms with Crippen molar-refractivity contribution in [2.24, 2.45) is 4.99 Å². The minimum absolute atomic E-state index is 0.0433. The van der Waals surface area contributed by atoms with Gasteiger partial charge in [0.15, 0.2) is 0 Å². The van der Waals surface area contributed by atoms with Crippen LogP contribution in [0.5, 0.6) is 0 Å². The maximum Gasteiger partial charge on any atom is 0.123 e. The molecule has 4 unspecified atom stereocenters. The first-order valence-electron chi connectivity index (χ1n) is 15.8. The number of rotatable bonds is 2. The van der Waals surface area contributed by atoms with Crippen LogP contribution in [0, 0.1) is 0 Å². The van der Waals surface area contributed by atoms with Gasteiger partial charge >= 0.3 is 0 Å². The molecule has 3 heterocycles. The van der Waals surface area contributed by atoms with Gasteiger partial charge in [0, 0.05) is 17.0 Å². The quantitative estimate of drug-likeness (QED) is 0.201. The molecular formula is C41H30N4. The van der Waals surface area contributed by atoms with E-state index in [0.29, 0.717) is 0 Å². The molecule has 1 aliphatic carbocycles. The normalized spacial score (nSPS) is 22.6. The summed E-state index contributed by atoms with van der Waals surface area (Å²) < 4.78 is 0. The van der Waals surface area contributed by atoms with E-state index in [4.69, 9.17) is 4.99 Å². The van der Waals surface area contributed by atoms with Crippen molar-refractivity contribution in [3.63, 3.8) is 0 Å². The minimum Gasteiger partial charge on any atom is -0.359 e. The van der Waals surface area contributed by atoms with Crippen LogP contribution in [0.2, 0.25) is 0 Å². The summed E-state index contributed by atoms with van der Waals surface area (Å²) in [4.78, 5) is 7.84. The zero-order valence-electron chi connectivity index (χ0n) is 24.6. The van der Waals surface area contributed by atoms with Crippen LogP contribution in [0.15, 0.2) is 145 Å². The lowest BCUT2D eigenvalue weighted by atomic mass is 9.83. The van der Waals surface area contributed by atoms with Crippen molar-refractivity contribution in [3.8, 4) is 0 Å². The molecule has 0 saturated carbocycles. The molecule has 45 heavy (non-hydrogen) atoms. The van der Waals surface area contributed by atoms with E-state index in [0.717, 1.165) is 11.3 Å². The monoisotopic (exact) mass is 578 g/mol. The Morgan fingerprint density at radius 2 is 1.53 bits per heavy atom. The molecule has 4 atom stereocenters. The Bertz CT molecular complexity index is 2310. The maximum atomic E-state index is 5.47. The topological polar surface area (TPSA) is 39.7 Å². The Hall–Kier alpha value is -5.45. The molecule has 0 bridgehead atoms. The van der Waals surface area contributed by atoms with Crippen molar-refractivity contribution >= 4 is 55.5 Å². The number of benzene rings is 6. The van der Waals surface area contributed by atoms with Crippen molar-refractivity contribution in [3.05, 3.63) is 162 Å². The number of hydrogen-bond donors (Lipinski definition) is 2. The highest BCUT2D eigenvalue weighted by Gasteiger charge is 2.36. The Morgan fingerprint density at radius 3 is 2.49 bits per heavy atom. The number of nitrogens with one attached hydrogen (secondary N) is 2. The first kappa shape index (κ1) is 24.9. The van der Waals surface area contributed by atoms with Crippen molar-refractivity contribution < 1.29 is 0 Å². The smallest absolute Gasteiger partial charge is 0.123 e. The van der Waals surface area contributed by atoms with Crippen LogP contribution in [0.1, 0.15) is 34.3 Å². The van der Waals surface area contributed by atoms with Gasteiger partial charge in [0.05, 0.1) is 35.2 Å². The van der Waals surface area contributed by atoms with Gasteiger partial charge in [-0.05, 0) is 62.0 Å². The number of anilines is 2. The molecule has 0 radical (unpaired) electrons. The summed E-state index contributed by atoms with van der Waals surface area (Å²) in [5, 5.41) is 15.5. The van der Waals surface area contributed by atoms with Crippen molar-refractivity contribution in [2.75, 3.05) is 10.2 Å². The number of hydrogen-bond acceptors (Lipinski definition) is 4. The molecule has 0 amide bonds. The molecule has 2 N–H and O–H groups in total. The molecule has 3 aliphatic heterocycles. The van der Waals surface area contributed by atoms with Gasteiger partial charge in [0.2, 0.25) is 0 Å². The van der Waals surface area contributed by atoms with Gasteiger partial charge in [-0.15, -0.1) is 0 Å². The van der Waals surface area contributed by atoms with Gasteiger partial charge in [-0.1, -0.05) is 121 Å². The van der Waals surface area contributed by atoms with Gasteiger partial charge in [-0.2, -0.15) is 0 Å². The fourth-order valence-electron chi connectivity index (χ4n) is 7.92. The molecule has 214 valence electrons. The number of aliphatic imine (C=N–C) groups is 1. The lowest BCUT2D eigenvalue weighted by molar-refractivity contribution is 0.443. The highest BCUT2D eigenvalue weighted by atomic mass is 15.3. The fourth-order valence-corrected chi connectivity index (χ4v) is 7.92. The van der Waals surface area contributed by atoms with Crippen molar-refractivity contribution in [1.82, 2.24) is 5.32 Å². The first-order chi connectivity index (χ1) is 22.3. The van der Waals surface area contributed by atoms with Crippen LogP contribution >= 0.6 is 0 Å². The molecule has 6 aromatic rings. The summed E-state index contributed by atoms with van der Waals surface area (Å²) in [5.41, 5.74) is 8.48. The van der Waals surface area contributed by atoms with Crippen molar-refractivity contribution in [2.45, 2.75) is 24.3 Å². The number of fused-ring (bicyclic) bond motifs is 13. The fraction of sp³-hybridized carbons (Fsp3) is 0.0976. The lowest BCUT2D eigenvalue weighted by Gasteiger charge is -2.38. The van der Waals surface area contributed by atoms with Gasteiger partial charge in [0.25, 0.3) is 0 Å². The lowest BCUT2D eigenvalue weighted by Crippen LogP contribution is -2.43. The van der Waals surface area contributed by atoms with Crippen LogP contribution in [-0.2, 0) is 0 Å². The third kappa shape index (κ3) is 3.66. The van der Waals surface area contributed by atoms with Gasteiger partial charge in [0.1, 0.15) is 6.17 Å². The predicted molar refractivity (Wildman–Crippen MR) is 188 cm³/mol. The Balaban J connectivity index is 1.24. The third-order valence-corrected chi connectivity index (χ3v) is 9.96. The van der Waals surface area contributed by atoms with E-state index in [-0.39, 0.29) is 24.3 Å². The average molecular weight is 579 g/mol. The zero-order valence-corrected chi connectivity index (χ0v) is 24.6. The second kappa shape index (κ2) is 9.52. The molecule has 10 rings (SSSR count). The van der Waals surface area contributed by atoms with E-state index in [2.05, 4.69) is 161 Å². The van der Waals surface area contributed by atoms with Crippen LogP contribution in [0.3, 0.4) is 0 Å². The zero-order chi connectivity index (χ0) is 29.5. The van der Waals surface area contributed by atoms with Crippen molar-refractivity contribution in [1.29, 1.82) is 0 Å². The van der Waals surface area contributed by atoms with E-state index >= 15 is 0 Å². The summed E-state index contributed by atoms with van der Waals surface area (Å²) in [7, 11) is 0. The second-order valence-corrected chi connectivity index (χ2v) is 12.4. The molecule has 4 nitrogen and oxygen atoms in total. The SMILES string of the molecule is C1=CC2Nc3c(c4ccc(C5NC6c7ccccc7C=CC6N=C5c5ccccc5)cc4c4c3ccc3ccccc34)N2C=C1. The van der Waals surface area contributed by atoms with Crippen LogP contribution in [0.4, 0.5) is 11.4 Å². The summed E-state index contributed by atoms with van der Waals surface area (Å²) >= 11 is 0. The second-order valence-electron chi connectivity index (χ2n) is 12.4. The van der Waals surface area contributed by atoms with Crippen LogP contribution < -0.4 is 15.5 Å². The summed E-state index contributed by atoms with van der Waals surface area (Å²) in [6.07, 6.45) is 13.3.